The van der Waals surface area contributed by atoms with Crippen LogP contribution in [0.4, 0.5) is 0 Å². The number of fused-ring (bicyclic) bond motifs is 4. The van der Waals surface area contributed by atoms with Crippen molar-refractivity contribution in [3.63, 3.8) is 0 Å². The van der Waals surface area contributed by atoms with Crippen molar-refractivity contribution in [1.82, 2.24) is 4.90 Å². The Bertz CT molecular complexity index is 1540. The van der Waals surface area contributed by atoms with Crippen LogP contribution in [-0.4, -0.2) is 67.4 Å². The third-order valence-corrected chi connectivity index (χ3v) is 8.08. The van der Waals surface area contributed by atoms with Crippen molar-refractivity contribution in [3.05, 3.63) is 57.9 Å². The molecule has 2 aromatic rings. The molecule has 0 saturated heterocycles. The van der Waals surface area contributed by atoms with Gasteiger partial charge in [0, 0.05) is 37.4 Å². The molecule has 5 rings (SSSR count). The molecule has 0 aromatic heterocycles. The number of rotatable bonds is 3. The molecule has 3 aliphatic rings. The maximum absolute atomic E-state index is 13.7. The van der Waals surface area contributed by atoms with Gasteiger partial charge < -0.3 is 36.8 Å². The highest BCUT2D eigenvalue weighted by Crippen LogP contribution is 2.52. The number of hydrogen-bond donors (Lipinski definition) is 6. The molecule has 11 heteroatoms. The number of phenols is 1. The van der Waals surface area contributed by atoms with Crippen molar-refractivity contribution in [1.29, 1.82) is 0 Å². The average molecular weight is 522 g/mol. The number of primary amides is 1. The van der Waals surface area contributed by atoms with Crippen LogP contribution in [0.2, 0.25) is 0 Å². The van der Waals surface area contributed by atoms with E-state index in [4.69, 9.17) is 11.5 Å². The molecule has 8 N–H and O–H groups in total. The van der Waals surface area contributed by atoms with Crippen LogP contribution in [0.3, 0.4) is 0 Å². The molecular formula is C27H27N3O8. The minimum Gasteiger partial charge on any atom is -0.508 e. The van der Waals surface area contributed by atoms with Crippen molar-refractivity contribution < 1.29 is 39.6 Å². The summed E-state index contributed by atoms with van der Waals surface area (Å²) in [6.45, 7) is 1.72. The zero-order valence-corrected chi connectivity index (χ0v) is 20.7. The number of amides is 2. The first kappa shape index (κ1) is 25.4. The summed E-state index contributed by atoms with van der Waals surface area (Å²) in [7, 11) is 1.64. The van der Waals surface area contributed by atoms with Crippen molar-refractivity contribution in [2.45, 2.75) is 38.0 Å². The lowest BCUT2D eigenvalue weighted by Crippen LogP contribution is -2.65. The number of aliphatic hydroxyl groups is 3. The number of carbonyl (C=O) groups is 4. The van der Waals surface area contributed by atoms with E-state index in [1.165, 1.54) is 11.8 Å². The highest BCUT2D eigenvalue weighted by atomic mass is 16.3. The van der Waals surface area contributed by atoms with Gasteiger partial charge in [-0.05, 0) is 41.3 Å². The van der Waals surface area contributed by atoms with Gasteiger partial charge in [-0.1, -0.05) is 18.2 Å². The molecule has 4 atom stereocenters. The first-order valence-corrected chi connectivity index (χ1v) is 12.0. The van der Waals surface area contributed by atoms with Gasteiger partial charge in [0.2, 0.25) is 11.7 Å². The largest absolute Gasteiger partial charge is 0.508 e. The SMILES string of the molecule is CC(=O)N(C)Cc1ccc2cc3c(c(O)c2c1)C(O)=C1C(=O)[C@]2(O)C(O)=C(C(N)=O)C(=O)[C@@H](N)[C@@H]2C[C@@H]1C3. The monoisotopic (exact) mass is 521 g/mol. The van der Waals surface area contributed by atoms with Gasteiger partial charge in [0.1, 0.15) is 22.8 Å². The number of benzene rings is 2. The van der Waals surface area contributed by atoms with E-state index in [2.05, 4.69) is 0 Å². The highest BCUT2D eigenvalue weighted by molar-refractivity contribution is 6.24. The lowest BCUT2D eigenvalue weighted by molar-refractivity contribution is -0.149. The fourth-order valence-electron chi connectivity index (χ4n) is 6.01. The Morgan fingerprint density at radius 2 is 1.84 bits per heavy atom. The van der Waals surface area contributed by atoms with E-state index in [9.17, 15) is 39.6 Å². The van der Waals surface area contributed by atoms with Gasteiger partial charge in [0.15, 0.2) is 11.4 Å². The molecule has 0 radical (unpaired) electrons. The molecule has 0 heterocycles. The van der Waals surface area contributed by atoms with Crippen molar-refractivity contribution in [3.8, 4) is 5.75 Å². The Kier molecular flexibility index (Phi) is 5.62. The molecule has 2 amide bonds. The van der Waals surface area contributed by atoms with Crippen LogP contribution in [0.1, 0.15) is 30.0 Å². The van der Waals surface area contributed by atoms with Gasteiger partial charge in [-0.25, -0.2) is 0 Å². The van der Waals surface area contributed by atoms with Crippen LogP contribution in [0.25, 0.3) is 16.5 Å². The predicted octanol–water partition coefficient (Wildman–Crippen LogP) is 0.493. The lowest BCUT2D eigenvalue weighted by Gasteiger charge is -2.48. The predicted molar refractivity (Wildman–Crippen MR) is 134 cm³/mol. The number of phenolic OH excluding ortho intramolecular Hbond substituents is 1. The molecule has 0 bridgehead atoms. The molecule has 38 heavy (non-hydrogen) atoms. The third-order valence-electron chi connectivity index (χ3n) is 8.08. The second-order valence-corrected chi connectivity index (χ2v) is 10.3. The molecule has 0 spiro atoms. The number of ketones is 2. The minimum absolute atomic E-state index is 0.00556. The number of nitrogens with zero attached hydrogens (tertiary/aromatic N) is 1. The molecule has 3 aliphatic carbocycles. The van der Waals surface area contributed by atoms with Gasteiger partial charge in [-0.15, -0.1) is 0 Å². The summed E-state index contributed by atoms with van der Waals surface area (Å²) in [5, 5.41) is 45.7. The first-order valence-electron chi connectivity index (χ1n) is 12.0. The molecule has 198 valence electrons. The molecular weight excluding hydrogens is 494 g/mol. The fourth-order valence-corrected chi connectivity index (χ4v) is 6.01. The van der Waals surface area contributed by atoms with Crippen molar-refractivity contribution in [2.24, 2.45) is 23.3 Å². The maximum Gasteiger partial charge on any atom is 0.255 e. The fraction of sp³-hybridized carbons (Fsp3) is 0.333. The van der Waals surface area contributed by atoms with Crippen LogP contribution >= 0.6 is 0 Å². The van der Waals surface area contributed by atoms with Crippen LogP contribution < -0.4 is 11.5 Å². The second-order valence-electron chi connectivity index (χ2n) is 10.3. The second kappa shape index (κ2) is 8.40. The van der Waals surface area contributed by atoms with E-state index < -0.39 is 58.0 Å². The van der Waals surface area contributed by atoms with Gasteiger partial charge in [0.25, 0.3) is 5.91 Å². The van der Waals surface area contributed by atoms with E-state index in [-0.39, 0.29) is 42.2 Å². The highest BCUT2D eigenvalue weighted by Gasteiger charge is 2.63. The minimum atomic E-state index is -2.74. The maximum atomic E-state index is 13.7. The number of Topliss-reactive ketones (excluding diaryl/α,β-unsaturated/α-hetero) is 2. The Hall–Kier alpha value is -4.22. The lowest BCUT2D eigenvalue weighted by atomic mass is 9.58. The number of aliphatic hydroxyl groups excluding tert-OH is 2. The Balaban J connectivity index is 1.67. The average Bonchev–Trinajstić information content (AvgIpc) is 2.84. The summed E-state index contributed by atoms with van der Waals surface area (Å²) >= 11 is 0. The zero-order chi connectivity index (χ0) is 27.8. The Morgan fingerprint density at radius 1 is 1.16 bits per heavy atom. The molecule has 0 unspecified atom stereocenters. The van der Waals surface area contributed by atoms with Gasteiger partial charge in [-0.2, -0.15) is 0 Å². The van der Waals surface area contributed by atoms with E-state index in [1.54, 1.807) is 25.2 Å². The Morgan fingerprint density at radius 3 is 2.47 bits per heavy atom. The zero-order valence-electron chi connectivity index (χ0n) is 20.7. The van der Waals surface area contributed by atoms with Crippen LogP contribution in [0.5, 0.6) is 5.75 Å². The molecule has 11 nitrogen and oxygen atoms in total. The summed E-state index contributed by atoms with van der Waals surface area (Å²) in [5.41, 5.74) is 8.59. The van der Waals surface area contributed by atoms with Gasteiger partial charge >= 0.3 is 0 Å². The van der Waals surface area contributed by atoms with Crippen LogP contribution in [0.15, 0.2) is 41.2 Å². The van der Waals surface area contributed by atoms with E-state index >= 15 is 0 Å². The topological polar surface area (TPSA) is 204 Å². The van der Waals surface area contributed by atoms with Gasteiger partial charge in [0.05, 0.1) is 11.6 Å². The third kappa shape index (κ3) is 3.35. The smallest absolute Gasteiger partial charge is 0.255 e. The van der Waals surface area contributed by atoms with Crippen LogP contribution in [0, 0.1) is 11.8 Å². The number of carbonyl (C=O) groups excluding carboxylic acids is 4. The summed E-state index contributed by atoms with van der Waals surface area (Å²) < 4.78 is 0. The Labute approximate surface area is 216 Å². The normalized spacial score (nSPS) is 26.7. The number of nitrogens with two attached hydrogens (primary N) is 2. The number of hydrogen-bond acceptors (Lipinski definition) is 9. The summed E-state index contributed by atoms with van der Waals surface area (Å²) in [6, 6.07) is 5.57. The molecule has 1 saturated carbocycles. The van der Waals surface area contributed by atoms with Crippen LogP contribution in [-0.2, 0) is 32.1 Å². The first-order chi connectivity index (χ1) is 17.8. The van der Waals surface area contributed by atoms with E-state index in [0.717, 1.165) is 5.56 Å². The molecule has 2 aromatic carbocycles. The quantitative estimate of drug-likeness (QED) is 0.311. The van der Waals surface area contributed by atoms with Gasteiger partial charge in [-0.3, -0.25) is 19.2 Å². The number of aromatic hydroxyl groups is 1. The van der Waals surface area contributed by atoms with Crippen molar-refractivity contribution in [2.75, 3.05) is 7.05 Å². The standard InChI is InChI=1S/C27H27N3O8/c1-10(31)30(2)9-11-3-4-12-6-13-7-14-8-16-20(28)23(34)19(26(29)37)25(36)27(16,38)24(35)18(14)22(33)17(13)21(32)15(12)5-11/h3-6,14,16,20,32-33,36,38H,7-9,28H2,1-2H3,(H2,29,37)/t14-,16-,20-,27-/m0/s1. The molecule has 0 aliphatic heterocycles. The van der Waals surface area contributed by atoms with E-state index in [1.807, 2.05) is 6.07 Å². The van der Waals surface area contributed by atoms with Crippen molar-refractivity contribution >= 4 is 39.9 Å². The summed E-state index contributed by atoms with van der Waals surface area (Å²) in [5.74, 6) is -7.55. The summed E-state index contributed by atoms with van der Waals surface area (Å²) in [6.07, 6.45) is 0.124. The molecule has 1 fully saturated rings. The van der Waals surface area contributed by atoms with E-state index in [0.29, 0.717) is 16.3 Å². The summed E-state index contributed by atoms with van der Waals surface area (Å²) in [4.78, 5) is 51.3.